The van der Waals surface area contributed by atoms with Gasteiger partial charge >= 0.3 is 12.1 Å². The highest BCUT2D eigenvalue weighted by molar-refractivity contribution is 5.85. The fourth-order valence-electron chi connectivity index (χ4n) is 3.92. The van der Waals surface area contributed by atoms with Gasteiger partial charge in [0.05, 0.1) is 23.7 Å². The average Bonchev–Trinajstić information content (AvgIpc) is 2.65. The van der Waals surface area contributed by atoms with Gasteiger partial charge in [0.15, 0.2) is 0 Å². The van der Waals surface area contributed by atoms with E-state index in [2.05, 4.69) is 5.32 Å². The van der Waals surface area contributed by atoms with Gasteiger partial charge in [-0.05, 0) is 36.2 Å². The lowest BCUT2D eigenvalue weighted by atomic mass is 9.95. The van der Waals surface area contributed by atoms with Crippen LogP contribution in [0.15, 0.2) is 36.4 Å². The summed E-state index contributed by atoms with van der Waals surface area (Å²) < 4.78 is 46.5. The molecule has 5 nitrogen and oxygen atoms in total. The summed E-state index contributed by atoms with van der Waals surface area (Å²) in [5.41, 5.74) is 1.64. The molecule has 1 atom stereocenters. The van der Waals surface area contributed by atoms with Crippen molar-refractivity contribution in [2.75, 3.05) is 29.9 Å². The number of aliphatic carboxylic acids is 1. The Labute approximate surface area is 172 Å². The van der Waals surface area contributed by atoms with Gasteiger partial charge in [0.25, 0.3) is 0 Å². The minimum Gasteiger partial charge on any atom is -0.486 e. The van der Waals surface area contributed by atoms with Crippen molar-refractivity contribution in [3.05, 3.63) is 42.0 Å². The largest absolute Gasteiger partial charge is 0.486 e. The van der Waals surface area contributed by atoms with Gasteiger partial charge in [-0.15, -0.1) is 0 Å². The van der Waals surface area contributed by atoms with Crippen LogP contribution in [0.2, 0.25) is 0 Å². The summed E-state index contributed by atoms with van der Waals surface area (Å²) in [7, 11) is 0. The Hall–Kier alpha value is -2.90. The van der Waals surface area contributed by atoms with E-state index in [-0.39, 0.29) is 11.9 Å². The molecule has 0 bridgehead atoms. The van der Waals surface area contributed by atoms with Crippen LogP contribution in [0.25, 0.3) is 11.1 Å². The van der Waals surface area contributed by atoms with Gasteiger partial charge in [0.2, 0.25) is 0 Å². The highest BCUT2D eigenvalue weighted by Crippen LogP contribution is 2.44. The molecule has 30 heavy (non-hydrogen) atoms. The highest BCUT2D eigenvalue weighted by atomic mass is 19.4. The number of alkyl halides is 3. The predicted octanol–water partition coefficient (Wildman–Crippen LogP) is 4.87. The predicted molar refractivity (Wildman–Crippen MR) is 108 cm³/mol. The zero-order valence-corrected chi connectivity index (χ0v) is 16.5. The van der Waals surface area contributed by atoms with Gasteiger partial charge in [-0.3, -0.25) is 4.79 Å². The maximum atomic E-state index is 13.5. The van der Waals surface area contributed by atoms with E-state index in [9.17, 15) is 18.0 Å². The number of ether oxygens (including phenoxy) is 1. The standard InChI is InChI=1S/C22H23F3N2O3/c1-2-4-17-10-26-20-18(8-15(22(23,24)25)9-19(20)30-17)13-5-3-6-16(7-13)27-11-14(12-27)21(28)29/h3,5-9,14,17,26H,2,4,10-12H2,1H3,(H,28,29). The molecule has 1 saturated heterocycles. The van der Waals surface area contributed by atoms with Gasteiger partial charge in [0.1, 0.15) is 11.9 Å². The number of halogens is 3. The zero-order valence-electron chi connectivity index (χ0n) is 16.5. The molecule has 0 radical (unpaired) electrons. The maximum absolute atomic E-state index is 13.5. The third-order valence-electron chi connectivity index (χ3n) is 5.59. The van der Waals surface area contributed by atoms with E-state index in [1.165, 1.54) is 0 Å². The molecular weight excluding hydrogens is 397 g/mol. The number of hydrogen-bond acceptors (Lipinski definition) is 4. The van der Waals surface area contributed by atoms with Crippen molar-refractivity contribution in [1.29, 1.82) is 0 Å². The van der Waals surface area contributed by atoms with Crippen molar-refractivity contribution in [3.63, 3.8) is 0 Å². The first-order valence-electron chi connectivity index (χ1n) is 10.00. The second-order valence-electron chi connectivity index (χ2n) is 7.79. The molecule has 8 heteroatoms. The number of fused-ring (bicyclic) bond motifs is 1. The third-order valence-corrected chi connectivity index (χ3v) is 5.59. The molecule has 4 rings (SSSR count). The number of benzene rings is 2. The summed E-state index contributed by atoms with van der Waals surface area (Å²) in [4.78, 5) is 13.0. The number of carboxylic acid groups (broad SMARTS) is 1. The Balaban J connectivity index is 1.71. The molecule has 2 aromatic rings. The van der Waals surface area contributed by atoms with E-state index in [4.69, 9.17) is 9.84 Å². The molecule has 1 fully saturated rings. The minimum atomic E-state index is -4.49. The van der Waals surface area contributed by atoms with Gasteiger partial charge in [-0.1, -0.05) is 25.5 Å². The molecule has 2 aliphatic rings. The molecule has 0 amide bonds. The zero-order chi connectivity index (χ0) is 21.5. The summed E-state index contributed by atoms with van der Waals surface area (Å²) in [6, 6.07) is 9.37. The summed E-state index contributed by atoms with van der Waals surface area (Å²) >= 11 is 0. The maximum Gasteiger partial charge on any atom is 0.416 e. The van der Waals surface area contributed by atoms with Crippen molar-refractivity contribution >= 4 is 17.3 Å². The smallest absolute Gasteiger partial charge is 0.416 e. The first kappa shape index (κ1) is 20.4. The fraction of sp³-hybridized carbons (Fsp3) is 0.409. The Kier molecular flexibility index (Phi) is 5.26. The molecule has 0 aromatic heterocycles. The lowest BCUT2D eigenvalue weighted by molar-refractivity contribution is -0.142. The second kappa shape index (κ2) is 7.74. The molecule has 160 valence electrons. The topological polar surface area (TPSA) is 61.8 Å². The first-order chi connectivity index (χ1) is 14.3. The van der Waals surface area contributed by atoms with Crippen LogP contribution in [0, 0.1) is 5.92 Å². The van der Waals surface area contributed by atoms with Crippen molar-refractivity contribution in [2.24, 2.45) is 5.92 Å². The van der Waals surface area contributed by atoms with Gasteiger partial charge in [0, 0.05) is 24.3 Å². The van der Waals surface area contributed by atoms with Crippen LogP contribution in [0.5, 0.6) is 5.75 Å². The van der Waals surface area contributed by atoms with E-state index >= 15 is 0 Å². The molecular formula is C22H23F3N2O3. The SMILES string of the molecule is CCCC1CNc2c(cc(C(F)(F)F)cc2-c2cccc(N3CC(C(=O)O)C3)c2)O1. The summed E-state index contributed by atoms with van der Waals surface area (Å²) in [6.07, 6.45) is -3.02. The number of nitrogens with zero attached hydrogens (tertiary/aromatic N) is 1. The Morgan fingerprint density at radius 2 is 2.03 bits per heavy atom. The lowest BCUT2D eigenvalue weighted by Crippen LogP contribution is -2.50. The first-order valence-corrected chi connectivity index (χ1v) is 10.00. The van der Waals surface area contributed by atoms with Crippen LogP contribution >= 0.6 is 0 Å². The molecule has 0 saturated carbocycles. The quantitative estimate of drug-likeness (QED) is 0.723. The second-order valence-corrected chi connectivity index (χ2v) is 7.79. The average molecular weight is 420 g/mol. The van der Waals surface area contributed by atoms with Gasteiger partial charge in [-0.25, -0.2) is 0 Å². The minimum absolute atomic E-state index is 0.167. The summed E-state index contributed by atoms with van der Waals surface area (Å²) in [5, 5.41) is 12.3. The van der Waals surface area contributed by atoms with E-state index in [1.807, 2.05) is 17.9 Å². The van der Waals surface area contributed by atoms with Crippen LogP contribution in [-0.2, 0) is 11.0 Å². The van der Waals surface area contributed by atoms with E-state index in [0.717, 1.165) is 30.7 Å². The number of rotatable bonds is 5. The third kappa shape index (κ3) is 3.91. The normalized spacial score (nSPS) is 18.8. The molecule has 2 N–H and O–H groups in total. The molecule has 0 aliphatic carbocycles. The Bertz CT molecular complexity index is 955. The van der Waals surface area contributed by atoms with Crippen LogP contribution in [-0.4, -0.2) is 36.8 Å². The number of carbonyl (C=O) groups is 1. The fourth-order valence-corrected chi connectivity index (χ4v) is 3.92. The van der Waals surface area contributed by atoms with Crippen LogP contribution in [0.3, 0.4) is 0 Å². The van der Waals surface area contributed by atoms with Crippen molar-refractivity contribution in [2.45, 2.75) is 32.0 Å². The number of hydrogen-bond donors (Lipinski definition) is 2. The van der Waals surface area contributed by atoms with Crippen molar-refractivity contribution in [3.8, 4) is 16.9 Å². The van der Waals surface area contributed by atoms with Crippen LogP contribution < -0.4 is 15.0 Å². The molecule has 0 spiro atoms. The van der Waals surface area contributed by atoms with E-state index in [0.29, 0.717) is 36.4 Å². The summed E-state index contributed by atoms with van der Waals surface area (Å²) in [6.45, 7) is 3.32. The monoisotopic (exact) mass is 420 g/mol. The van der Waals surface area contributed by atoms with Crippen LogP contribution in [0.1, 0.15) is 25.3 Å². The molecule has 2 heterocycles. The van der Waals surface area contributed by atoms with Gasteiger partial charge < -0.3 is 20.1 Å². The summed E-state index contributed by atoms with van der Waals surface area (Å²) in [5.74, 6) is -1.04. The van der Waals surface area contributed by atoms with Crippen molar-refractivity contribution in [1.82, 2.24) is 0 Å². The number of nitrogens with one attached hydrogen (secondary N) is 1. The van der Waals surface area contributed by atoms with E-state index < -0.39 is 23.6 Å². The Morgan fingerprint density at radius 1 is 1.27 bits per heavy atom. The Morgan fingerprint density at radius 3 is 2.70 bits per heavy atom. The lowest BCUT2D eigenvalue weighted by Gasteiger charge is -2.38. The molecule has 1 unspecified atom stereocenters. The van der Waals surface area contributed by atoms with Crippen molar-refractivity contribution < 1.29 is 27.8 Å². The number of anilines is 2. The number of carboxylic acids is 1. The molecule has 2 aliphatic heterocycles. The van der Waals surface area contributed by atoms with Gasteiger partial charge in [-0.2, -0.15) is 13.2 Å². The van der Waals surface area contributed by atoms with Crippen LogP contribution in [0.4, 0.5) is 24.5 Å². The highest BCUT2D eigenvalue weighted by Gasteiger charge is 2.35. The van der Waals surface area contributed by atoms with E-state index in [1.54, 1.807) is 18.2 Å². The molecule has 2 aromatic carbocycles.